The molecule has 0 bridgehead atoms. The van der Waals surface area contributed by atoms with Crippen LogP contribution in [-0.2, 0) is 4.79 Å². The fourth-order valence-corrected chi connectivity index (χ4v) is 3.38. The summed E-state index contributed by atoms with van der Waals surface area (Å²) < 4.78 is 0. The largest absolute Gasteiger partial charge is 0.393 e. The van der Waals surface area contributed by atoms with Crippen molar-refractivity contribution in [1.82, 2.24) is 15.1 Å². The number of likely N-dealkylation sites (N-methyl/N-ethyl adjacent to an activating group) is 1. The quantitative estimate of drug-likeness (QED) is 0.615. The Morgan fingerprint density at radius 1 is 1.38 bits per heavy atom. The van der Waals surface area contributed by atoms with Crippen molar-refractivity contribution < 1.29 is 14.7 Å². The third kappa shape index (κ3) is 7.00. The topological polar surface area (TPSA) is 96.7 Å². The molecule has 1 atom stereocenters. The highest BCUT2D eigenvalue weighted by atomic mass is 16.3. The highest BCUT2D eigenvalue weighted by Gasteiger charge is 2.28. The molecule has 1 aliphatic rings. The first-order chi connectivity index (χ1) is 13.9. The summed E-state index contributed by atoms with van der Waals surface area (Å²) in [6.45, 7) is 6.28. The van der Waals surface area contributed by atoms with Crippen LogP contribution in [0.2, 0.25) is 0 Å². The number of hydrogen-bond acceptors (Lipinski definition) is 5. The fraction of sp³-hybridized carbons (Fsp3) is 0.500. The third-order valence-corrected chi connectivity index (χ3v) is 5.13. The van der Waals surface area contributed by atoms with Gasteiger partial charge in [0.1, 0.15) is 6.04 Å². The van der Waals surface area contributed by atoms with E-state index in [2.05, 4.69) is 16.8 Å². The molecule has 156 valence electrons. The van der Waals surface area contributed by atoms with E-state index in [1.54, 1.807) is 29.2 Å². The number of carbonyl (C=O) groups excluding carboxylic acids is 2. The molecule has 0 radical (unpaired) electrons. The van der Waals surface area contributed by atoms with Gasteiger partial charge in [-0.15, -0.1) is 6.58 Å². The Bertz CT molecular complexity index is 733. The van der Waals surface area contributed by atoms with E-state index in [4.69, 9.17) is 5.26 Å². The van der Waals surface area contributed by atoms with Gasteiger partial charge in [0.2, 0.25) is 5.91 Å². The number of aliphatic hydroxyl groups is 1. The molecule has 1 aromatic carbocycles. The Morgan fingerprint density at radius 3 is 2.62 bits per heavy atom. The van der Waals surface area contributed by atoms with Gasteiger partial charge in [-0.2, -0.15) is 5.26 Å². The van der Waals surface area contributed by atoms with E-state index in [9.17, 15) is 14.7 Å². The minimum Gasteiger partial charge on any atom is -0.393 e. The maximum absolute atomic E-state index is 13.0. The van der Waals surface area contributed by atoms with Crippen LogP contribution >= 0.6 is 0 Å². The predicted octanol–water partition coefficient (Wildman–Crippen LogP) is 1.54. The molecule has 0 aromatic heterocycles. The molecule has 7 nitrogen and oxygen atoms in total. The molecule has 7 heteroatoms. The molecule has 2 N–H and O–H groups in total. The second-order valence-electron chi connectivity index (χ2n) is 7.46. The monoisotopic (exact) mass is 398 g/mol. The van der Waals surface area contributed by atoms with Crippen molar-refractivity contribution in [2.45, 2.75) is 37.8 Å². The number of amides is 2. The number of piperidine rings is 1. The summed E-state index contributed by atoms with van der Waals surface area (Å²) in [7, 11) is 1.99. The maximum Gasteiger partial charge on any atom is 0.251 e. The van der Waals surface area contributed by atoms with E-state index >= 15 is 0 Å². The van der Waals surface area contributed by atoms with Crippen LogP contribution in [-0.4, -0.2) is 72.1 Å². The molecule has 2 amide bonds. The first-order valence-corrected chi connectivity index (χ1v) is 10.0. The van der Waals surface area contributed by atoms with Crippen LogP contribution in [0.25, 0.3) is 0 Å². The summed E-state index contributed by atoms with van der Waals surface area (Å²) in [6.07, 6.45) is 3.87. The van der Waals surface area contributed by atoms with Gasteiger partial charge in [0, 0.05) is 25.2 Å². The Labute approximate surface area is 172 Å². The Morgan fingerprint density at radius 2 is 2.03 bits per heavy atom. The van der Waals surface area contributed by atoms with Gasteiger partial charge in [0.25, 0.3) is 5.91 Å². The van der Waals surface area contributed by atoms with E-state index in [1.165, 1.54) is 0 Å². The van der Waals surface area contributed by atoms with E-state index < -0.39 is 6.04 Å². The number of nitrogens with one attached hydrogen (secondary N) is 1. The average Bonchev–Trinajstić information content (AvgIpc) is 2.73. The standard InChI is InChI=1S/C22H30N4O3/c1-3-12-25(2)13-4-5-20(22(29)26-14-10-19(27)11-15-26)24-21(28)18-8-6-17(16-23)7-9-18/h3,6-9,19-20,27H,1,4-5,10-15H2,2H3,(H,24,28)/t20-/m0/s1. The number of nitrogens with zero attached hydrogens (tertiary/aromatic N) is 3. The van der Waals surface area contributed by atoms with Crippen LogP contribution < -0.4 is 5.32 Å². The number of carbonyl (C=O) groups is 2. The molecule has 1 saturated heterocycles. The van der Waals surface area contributed by atoms with E-state index in [-0.39, 0.29) is 17.9 Å². The van der Waals surface area contributed by atoms with E-state index in [0.717, 1.165) is 19.5 Å². The summed E-state index contributed by atoms with van der Waals surface area (Å²) in [5.41, 5.74) is 0.894. The molecule has 0 saturated carbocycles. The third-order valence-electron chi connectivity index (χ3n) is 5.13. The van der Waals surface area contributed by atoms with Gasteiger partial charge >= 0.3 is 0 Å². The van der Waals surface area contributed by atoms with Crippen molar-refractivity contribution in [3.05, 3.63) is 48.0 Å². The smallest absolute Gasteiger partial charge is 0.251 e. The van der Waals surface area contributed by atoms with Crippen molar-refractivity contribution in [3.8, 4) is 6.07 Å². The lowest BCUT2D eigenvalue weighted by Gasteiger charge is -2.33. The number of aliphatic hydroxyl groups excluding tert-OH is 1. The van der Waals surface area contributed by atoms with Crippen molar-refractivity contribution in [1.29, 1.82) is 5.26 Å². The van der Waals surface area contributed by atoms with Crippen LogP contribution in [0.3, 0.4) is 0 Å². The molecule has 1 heterocycles. The summed E-state index contributed by atoms with van der Waals surface area (Å²) in [6, 6.07) is 7.75. The second-order valence-corrected chi connectivity index (χ2v) is 7.46. The lowest BCUT2D eigenvalue weighted by atomic mass is 10.0. The predicted molar refractivity (Wildman–Crippen MR) is 111 cm³/mol. The summed E-state index contributed by atoms with van der Waals surface area (Å²) >= 11 is 0. The van der Waals surface area contributed by atoms with Crippen molar-refractivity contribution >= 4 is 11.8 Å². The molecule has 2 rings (SSSR count). The SMILES string of the molecule is C=CCN(C)CCC[C@H](NC(=O)c1ccc(C#N)cc1)C(=O)N1CCC(O)CC1. The Hall–Kier alpha value is -2.69. The lowest BCUT2D eigenvalue weighted by Crippen LogP contribution is -2.51. The number of hydrogen-bond donors (Lipinski definition) is 2. The van der Waals surface area contributed by atoms with Gasteiger partial charge in [-0.05, 0) is 63.5 Å². The zero-order chi connectivity index (χ0) is 21.2. The van der Waals surface area contributed by atoms with Gasteiger partial charge in [-0.3, -0.25) is 9.59 Å². The van der Waals surface area contributed by atoms with Crippen molar-refractivity contribution in [2.24, 2.45) is 0 Å². The van der Waals surface area contributed by atoms with Crippen molar-refractivity contribution in [3.63, 3.8) is 0 Å². The number of benzene rings is 1. The Balaban J connectivity index is 2.03. The normalized spacial score (nSPS) is 15.6. The van der Waals surface area contributed by atoms with Crippen molar-refractivity contribution in [2.75, 3.05) is 33.2 Å². The highest BCUT2D eigenvalue weighted by Crippen LogP contribution is 2.14. The van der Waals surface area contributed by atoms with Crippen LogP contribution in [0.1, 0.15) is 41.6 Å². The minimum absolute atomic E-state index is 0.106. The van der Waals surface area contributed by atoms with E-state index in [0.29, 0.717) is 43.5 Å². The van der Waals surface area contributed by atoms with Gasteiger partial charge in [0.15, 0.2) is 0 Å². The second kappa shape index (κ2) is 11.3. The molecule has 0 aliphatic carbocycles. The number of nitriles is 1. The molecule has 1 aromatic rings. The first kappa shape index (κ1) is 22.6. The first-order valence-electron chi connectivity index (χ1n) is 10.0. The zero-order valence-electron chi connectivity index (χ0n) is 17.0. The lowest BCUT2D eigenvalue weighted by molar-refractivity contribution is -0.135. The maximum atomic E-state index is 13.0. The molecule has 29 heavy (non-hydrogen) atoms. The highest BCUT2D eigenvalue weighted by molar-refractivity contribution is 5.97. The average molecular weight is 399 g/mol. The zero-order valence-corrected chi connectivity index (χ0v) is 17.0. The molecular formula is C22H30N4O3. The van der Waals surface area contributed by atoms with Gasteiger partial charge < -0.3 is 20.2 Å². The number of likely N-dealkylation sites (tertiary alicyclic amines) is 1. The van der Waals surface area contributed by atoms with Gasteiger partial charge in [-0.1, -0.05) is 6.08 Å². The van der Waals surface area contributed by atoms with Crippen LogP contribution in [0.15, 0.2) is 36.9 Å². The van der Waals surface area contributed by atoms with E-state index in [1.807, 2.05) is 19.2 Å². The molecule has 0 spiro atoms. The molecule has 0 unspecified atom stereocenters. The molecular weight excluding hydrogens is 368 g/mol. The fourth-order valence-electron chi connectivity index (χ4n) is 3.38. The van der Waals surface area contributed by atoms with Gasteiger partial charge in [-0.25, -0.2) is 0 Å². The summed E-state index contributed by atoms with van der Waals surface area (Å²) in [4.78, 5) is 29.5. The Kier molecular flexibility index (Phi) is 8.84. The van der Waals surface area contributed by atoms with Crippen LogP contribution in [0.4, 0.5) is 0 Å². The summed E-state index contributed by atoms with van der Waals surface area (Å²) in [5.74, 6) is -0.436. The van der Waals surface area contributed by atoms with Gasteiger partial charge in [0.05, 0.1) is 17.7 Å². The number of rotatable bonds is 9. The molecule has 1 aliphatic heterocycles. The van der Waals surface area contributed by atoms with Crippen LogP contribution in [0.5, 0.6) is 0 Å². The minimum atomic E-state index is -0.620. The van der Waals surface area contributed by atoms with Crippen LogP contribution in [0, 0.1) is 11.3 Å². The molecule has 1 fully saturated rings. The summed E-state index contributed by atoms with van der Waals surface area (Å²) in [5, 5.41) is 21.5.